The second-order valence-corrected chi connectivity index (χ2v) is 7.46. The fraction of sp³-hybridized carbons (Fsp3) is 0.182. The average molecular weight is 347 g/mol. The van der Waals surface area contributed by atoms with Gasteiger partial charge in [0.25, 0.3) is 0 Å². The second-order valence-electron chi connectivity index (χ2n) is 3.61. The molecule has 1 aromatic carbocycles. The molecule has 0 spiro atoms. The standard InChI is InChI=1S/C11H11ClN4OS3/c12-8-3-1-7(2-4-8)5-18-10-15-16-11(20-10)19-6-9(17)14-13/h1-4H,5-6,13H2,(H,14,17). The van der Waals surface area contributed by atoms with Crippen molar-refractivity contribution in [3.05, 3.63) is 34.9 Å². The Morgan fingerprint density at radius 3 is 2.55 bits per heavy atom. The topological polar surface area (TPSA) is 80.9 Å². The number of benzene rings is 1. The predicted octanol–water partition coefficient (Wildman–Crippen LogP) is 2.57. The van der Waals surface area contributed by atoms with Gasteiger partial charge in [0.05, 0.1) is 5.75 Å². The van der Waals surface area contributed by atoms with Crippen LogP contribution < -0.4 is 11.3 Å². The largest absolute Gasteiger partial charge is 0.294 e. The van der Waals surface area contributed by atoms with Crippen molar-refractivity contribution in [1.82, 2.24) is 15.6 Å². The molecule has 0 atom stereocenters. The van der Waals surface area contributed by atoms with E-state index in [9.17, 15) is 4.79 Å². The molecule has 0 radical (unpaired) electrons. The summed E-state index contributed by atoms with van der Waals surface area (Å²) in [6, 6.07) is 7.70. The van der Waals surface area contributed by atoms with Gasteiger partial charge in [-0.15, -0.1) is 10.2 Å². The molecule has 1 aromatic heterocycles. The van der Waals surface area contributed by atoms with Gasteiger partial charge < -0.3 is 0 Å². The van der Waals surface area contributed by atoms with E-state index in [1.807, 2.05) is 24.3 Å². The second kappa shape index (κ2) is 7.84. The van der Waals surface area contributed by atoms with Crippen LogP contribution in [-0.4, -0.2) is 21.9 Å². The van der Waals surface area contributed by atoms with Crippen molar-refractivity contribution in [2.24, 2.45) is 5.84 Å². The summed E-state index contributed by atoms with van der Waals surface area (Å²) in [5.74, 6) is 5.82. The third kappa shape index (κ3) is 4.95. The van der Waals surface area contributed by atoms with E-state index in [0.717, 1.165) is 19.5 Å². The third-order valence-corrected chi connectivity index (χ3v) is 5.66. The Hall–Kier alpha value is -0.800. The zero-order valence-electron chi connectivity index (χ0n) is 10.2. The smallest absolute Gasteiger partial charge is 0.244 e. The summed E-state index contributed by atoms with van der Waals surface area (Å²) in [5, 5.41) is 8.82. The number of aromatic nitrogens is 2. The molecule has 0 aliphatic heterocycles. The molecule has 0 saturated heterocycles. The van der Waals surface area contributed by atoms with E-state index in [-0.39, 0.29) is 11.7 Å². The molecular weight excluding hydrogens is 336 g/mol. The number of hydrogen-bond acceptors (Lipinski definition) is 7. The maximum atomic E-state index is 11.0. The predicted molar refractivity (Wildman–Crippen MR) is 84.0 cm³/mol. The van der Waals surface area contributed by atoms with E-state index in [1.165, 1.54) is 28.7 Å². The summed E-state index contributed by atoms with van der Waals surface area (Å²) in [7, 11) is 0. The molecule has 0 fully saturated rings. The molecular formula is C11H11ClN4OS3. The number of nitrogens with one attached hydrogen (secondary N) is 1. The first-order chi connectivity index (χ1) is 9.67. The quantitative estimate of drug-likeness (QED) is 0.362. The van der Waals surface area contributed by atoms with Crippen LogP contribution in [0.5, 0.6) is 0 Å². The Kier molecular flexibility index (Phi) is 6.11. The van der Waals surface area contributed by atoms with Gasteiger partial charge in [-0.3, -0.25) is 10.2 Å². The normalized spacial score (nSPS) is 10.5. The number of carbonyl (C=O) groups is 1. The number of thioether (sulfide) groups is 2. The van der Waals surface area contributed by atoms with Gasteiger partial charge in [-0.2, -0.15) is 0 Å². The molecule has 106 valence electrons. The van der Waals surface area contributed by atoms with Gasteiger partial charge in [0, 0.05) is 10.8 Å². The lowest BCUT2D eigenvalue weighted by atomic mass is 10.2. The van der Waals surface area contributed by atoms with Gasteiger partial charge in [-0.25, -0.2) is 5.84 Å². The highest BCUT2D eigenvalue weighted by molar-refractivity contribution is 8.03. The Morgan fingerprint density at radius 2 is 1.90 bits per heavy atom. The van der Waals surface area contributed by atoms with Crippen molar-refractivity contribution in [2.75, 3.05) is 5.75 Å². The highest BCUT2D eigenvalue weighted by atomic mass is 35.5. The van der Waals surface area contributed by atoms with E-state index in [0.29, 0.717) is 0 Å². The molecule has 0 unspecified atom stereocenters. The van der Waals surface area contributed by atoms with Crippen LogP contribution in [0.4, 0.5) is 0 Å². The highest BCUT2D eigenvalue weighted by Gasteiger charge is 2.08. The Labute approximate surface area is 133 Å². The molecule has 0 aliphatic carbocycles. The number of rotatable bonds is 6. The summed E-state index contributed by atoms with van der Waals surface area (Å²) >= 11 is 10.2. The van der Waals surface area contributed by atoms with Crippen LogP contribution in [-0.2, 0) is 10.5 Å². The lowest BCUT2D eigenvalue weighted by Crippen LogP contribution is -2.31. The molecule has 0 bridgehead atoms. The Morgan fingerprint density at radius 1 is 1.25 bits per heavy atom. The van der Waals surface area contributed by atoms with Crippen molar-refractivity contribution in [3.8, 4) is 0 Å². The number of amides is 1. The third-order valence-electron chi connectivity index (χ3n) is 2.15. The van der Waals surface area contributed by atoms with Crippen LogP contribution in [0.25, 0.3) is 0 Å². The molecule has 5 nitrogen and oxygen atoms in total. The molecule has 1 heterocycles. The highest BCUT2D eigenvalue weighted by Crippen LogP contribution is 2.30. The van der Waals surface area contributed by atoms with Crippen molar-refractivity contribution in [3.63, 3.8) is 0 Å². The van der Waals surface area contributed by atoms with Crippen LogP contribution >= 0.6 is 46.5 Å². The first-order valence-electron chi connectivity index (χ1n) is 5.50. The van der Waals surface area contributed by atoms with Gasteiger partial charge >= 0.3 is 0 Å². The van der Waals surface area contributed by atoms with E-state index in [1.54, 1.807) is 11.8 Å². The zero-order chi connectivity index (χ0) is 14.4. The Balaban J connectivity index is 1.83. The summed E-state index contributed by atoms with van der Waals surface area (Å²) in [4.78, 5) is 11.0. The molecule has 1 amide bonds. The van der Waals surface area contributed by atoms with Gasteiger partial charge in [-0.05, 0) is 17.7 Å². The molecule has 9 heteroatoms. The minimum absolute atomic E-state index is 0.236. The Bertz CT molecular complexity index is 575. The van der Waals surface area contributed by atoms with Crippen molar-refractivity contribution < 1.29 is 4.79 Å². The first kappa shape index (κ1) is 15.6. The number of halogens is 1. The van der Waals surface area contributed by atoms with Crippen LogP contribution in [0.3, 0.4) is 0 Å². The molecule has 20 heavy (non-hydrogen) atoms. The lowest BCUT2D eigenvalue weighted by molar-refractivity contribution is -0.118. The van der Waals surface area contributed by atoms with E-state index in [2.05, 4.69) is 15.6 Å². The summed E-state index contributed by atoms with van der Waals surface area (Å²) < 4.78 is 1.63. The monoisotopic (exact) mass is 346 g/mol. The van der Waals surface area contributed by atoms with Gasteiger partial charge in [-0.1, -0.05) is 58.6 Å². The van der Waals surface area contributed by atoms with Crippen LogP contribution in [0.2, 0.25) is 5.02 Å². The minimum Gasteiger partial charge on any atom is -0.294 e. The van der Waals surface area contributed by atoms with Crippen LogP contribution in [0.15, 0.2) is 32.9 Å². The number of nitrogens with zero attached hydrogens (tertiary/aromatic N) is 2. The zero-order valence-corrected chi connectivity index (χ0v) is 13.4. The fourth-order valence-corrected chi connectivity index (χ4v) is 4.12. The van der Waals surface area contributed by atoms with Crippen molar-refractivity contribution in [1.29, 1.82) is 0 Å². The van der Waals surface area contributed by atoms with Crippen molar-refractivity contribution >= 4 is 52.4 Å². The summed E-state index contributed by atoms with van der Waals surface area (Å²) in [6.07, 6.45) is 0. The van der Waals surface area contributed by atoms with E-state index >= 15 is 0 Å². The molecule has 3 N–H and O–H groups in total. The molecule has 2 rings (SSSR count). The number of carbonyl (C=O) groups excluding carboxylic acids is 1. The summed E-state index contributed by atoms with van der Waals surface area (Å²) in [5.41, 5.74) is 3.25. The lowest BCUT2D eigenvalue weighted by Gasteiger charge is -1.98. The van der Waals surface area contributed by atoms with E-state index < -0.39 is 0 Å². The van der Waals surface area contributed by atoms with Crippen LogP contribution in [0, 0.1) is 0 Å². The maximum Gasteiger partial charge on any atom is 0.244 e. The average Bonchev–Trinajstić information content (AvgIpc) is 2.92. The van der Waals surface area contributed by atoms with Gasteiger partial charge in [0.15, 0.2) is 8.68 Å². The summed E-state index contributed by atoms with van der Waals surface area (Å²) in [6.45, 7) is 0. The molecule has 0 aliphatic rings. The van der Waals surface area contributed by atoms with Crippen LogP contribution in [0.1, 0.15) is 5.56 Å². The van der Waals surface area contributed by atoms with E-state index in [4.69, 9.17) is 17.4 Å². The fourth-order valence-electron chi connectivity index (χ4n) is 1.21. The molecule has 0 saturated carbocycles. The van der Waals surface area contributed by atoms with Gasteiger partial charge in [0.2, 0.25) is 5.91 Å². The first-order valence-corrected chi connectivity index (χ1v) is 8.67. The number of hydrogen-bond donors (Lipinski definition) is 2. The molecule has 2 aromatic rings. The SMILES string of the molecule is NNC(=O)CSc1nnc(SCc2ccc(Cl)cc2)s1. The maximum absolute atomic E-state index is 11.0. The minimum atomic E-state index is -0.236. The van der Waals surface area contributed by atoms with Gasteiger partial charge in [0.1, 0.15) is 0 Å². The number of nitrogens with two attached hydrogens (primary N) is 1. The number of hydrazine groups is 1. The van der Waals surface area contributed by atoms with Crippen molar-refractivity contribution in [2.45, 2.75) is 14.4 Å².